The predicted molar refractivity (Wildman–Crippen MR) is 73.6 cm³/mol. The molecule has 0 saturated heterocycles. The van der Waals surface area contributed by atoms with Crippen LogP contribution in [0.15, 0.2) is 29.3 Å². The standard InChI is InChI=1S/C14H14ClNO2/c1-9(2)18-14-4-3-10(6-13(14)15)11-5-12(8-17)16-7-11/h3-6,8-9H,7H2,1-2H3. The number of carbonyl (C=O) groups is 1. The molecule has 1 aliphatic rings. The average molecular weight is 264 g/mol. The lowest BCUT2D eigenvalue weighted by Gasteiger charge is -2.12. The van der Waals surface area contributed by atoms with Crippen LogP contribution in [0.1, 0.15) is 19.4 Å². The molecule has 0 unspecified atom stereocenters. The Morgan fingerprint density at radius 2 is 2.22 bits per heavy atom. The number of nitrogens with zero attached hydrogens (tertiary/aromatic N) is 1. The van der Waals surface area contributed by atoms with Gasteiger partial charge in [0.05, 0.1) is 23.4 Å². The monoisotopic (exact) mass is 263 g/mol. The summed E-state index contributed by atoms with van der Waals surface area (Å²) in [4.78, 5) is 14.7. The molecule has 4 heteroatoms. The second-order valence-electron chi connectivity index (χ2n) is 4.34. The van der Waals surface area contributed by atoms with Crippen LogP contribution in [0.5, 0.6) is 5.75 Å². The fourth-order valence-electron chi connectivity index (χ4n) is 1.74. The molecule has 1 aromatic rings. The summed E-state index contributed by atoms with van der Waals surface area (Å²) < 4.78 is 5.57. The van der Waals surface area contributed by atoms with Crippen LogP contribution in [0.25, 0.3) is 5.57 Å². The minimum Gasteiger partial charge on any atom is -0.489 e. The van der Waals surface area contributed by atoms with Gasteiger partial charge in [0.2, 0.25) is 0 Å². The summed E-state index contributed by atoms with van der Waals surface area (Å²) in [5.41, 5.74) is 2.44. The van der Waals surface area contributed by atoms with Gasteiger partial charge in [-0.2, -0.15) is 0 Å². The van der Waals surface area contributed by atoms with Gasteiger partial charge in [-0.3, -0.25) is 9.79 Å². The summed E-state index contributed by atoms with van der Waals surface area (Å²) in [6, 6.07) is 5.62. The fourth-order valence-corrected chi connectivity index (χ4v) is 1.97. The third-order valence-electron chi connectivity index (χ3n) is 2.54. The predicted octanol–water partition coefficient (Wildman–Crippen LogP) is 3.16. The Hall–Kier alpha value is -1.61. The molecule has 0 atom stereocenters. The molecule has 0 aliphatic carbocycles. The smallest absolute Gasteiger partial charge is 0.167 e. The van der Waals surface area contributed by atoms with Crippen LogP contribution in [0.3, 0.4) is 0 Å². The van der Waals surface area contributed by atoms with Gasteiger partial charge in [0.1, 0.15) is 5.75 Å². The molecule has 2 rings (SSSR count). The van der Waals surface area contributed by atoms with Crippen molar-refractivity contribution in [2.24, 2.45) is 4.99 Å². The van der Waals surface area contributed by atoms with Crippen LogP contribution in [-0.4, -0.2) is 24.6 Å². The van der Waals surface area contributed by atoms with Gasteiger partial charge in [0, 0.05) is 0 Å². The van der Waals surface area contributed by atoms with Gasteiger partial charge in [-0.1, -0.05) is 17.7 Å². The summed E-state index contributed by atoms with van der Waals surface area (Å²) in [6.07, 6.45) is 2.62. The number of hydrogen-bond donors (Lipinski definition) is 0. The molecule has 0 fully saturated rings. The average Bonchev–Trinajstić information content (AvgIpc) is 2.80. The molecule has 0 bridgehead atoms. The molecule has 0 N–H and O–H groups in total. The molecular formula is C14H14ClNO2. The topological polar surface area (TPSA) is 38.7 Å². The normalized spacial score (nSPS) is 14.4. The molecule has 1 aliphatic heterocycles. The Morgan fingerprint density at radius 3 is 2.78 bits per heavy atom. The number of aldehydes is 1. The quantitative estimate of drug-likeness (QED) is 0.783. The molecule has 1 heterocycles. The molecule has 1 aromatic carbocycles. The van der Waals surface area contributed by atoms with Crippen LogP contribution in [0.4, 0.5) is 0 Å². The Bertz CT molecular complexity index is 533. The van der Waals surface area contributed by atoms with E-state index < -0.39 is 0 Å². The molecule has 0 saturated carbocycles. The molecule has 94 valence electrons. The highest BCUT2D eigenvalue weighted by molar-refractivity contribution is 6.36. The zero-order chi connectivity index (χ0) is 13.1. The van der Waals surface area contributed by atoms with Crippen LogP contribution >= 0.6 is 11.6 Å². The molecule has 0 aromatic heterocycles. The van der Waals surface area contributed by atoms with Gasteiger partial charge < -0.3 is 4.74 Å². The number of halogens is 1. The minimum atomic E-state index is 0.0871. The Morgan fingerprint density at radius 1 is 1.44 bits per heavy atom. The van der Waals surface area contributed by atoms with E-state index in [1.54, 1.807) is 6.08 Å². The van der Waals surface area contributed by atoms with Gasteiger partial charge in [0.25, 0.3) is 0 Å². The van der Waals surface area contributed by atoms with Gasteiger partial charge in [0.15, 0.2) is 6.29 Å². The number of ether oxygens (including phenoxy) is 1. The van der Waals surface area contributed by atoms with E-state index in [9.17, 15) is 4.79 Å². The van der Waals surface area contributed by atoms with Crippen molar-refractivity contribution < 1.29 is 9.53 Å². The van der Waals surface area contributed by atoms with E-state index in [1.807, 2.05) is 32.0 Å². The van der Waals surface area contributed by atoms with E-state index >= 15 is 0 Å². The maximum Gasteiger partial charge on any atom is 0.167 e. The minimum absolute atomic E-state index is 0.0871. The van der Waals surface area contributed by atoms with Gasteiger partial charge in [-0.05, 0) is 43.2 Å². The Balaban J connectivity index is 2.22. The first-order valence-corrected chi connectivity index (χ1v) is 6.14. The Kier molecular flexibility index (Phi) is 3.82. The summed E-state index contributed by atoms with van der Waals surface area (Å²) in [5, 5.41) is 0.571. The summed E-state index contributed by atoms with van der Waals surface area (Å²) >= 11 is 6.16. The molecule has 3 nitrogen and oxygen atoms in total. The van der Waals surface area contributed by atoms with Gasteiger partial charge in [-0.25, -0.2) is 0 Å². The van der Waals surface area contributed by atoms with Crippen LogP contribution in [0.2, 0.25) is 5.02 Å². The van der Waals surface area contributed by atoms with Crippen molar-refractivity contribution >= 4 is 29.2 Å². The van der Waals surface area contributed by atoms with Crippen LogP contribution < -0.4 is 4.74 Å². The van der Waals surface area contributed by atoms with Crippen molar-refractivity contribution in [3.05, 3.63) is 34.9 Å². The first-order valence-electron chi connectivity index (χ1n) is 5.77. The molecule has 0 spiro atoms. The second-order valence-corrected chi connectivity index (χ2v) is 4.75. The number of carbonyl (C=O) groups excluding carboxylic acids is 1. The number of aliphatic imine (C=N–C) groups is 1. The summed E-state index contributed by atoms with van der Waals surface area (Å²) in [6.45, 7) is 4.43. The third-order valence-corrected chi connectivity index (χ3v) is 2.84. The van der Waals surface area contributed by atoms with E-state index in [-0.39, 0.29) is 6.10 Å². The fraction of sp³-hybridized carbons (Fsp3) is 0.286. The number of rotatable bonds is 4. The number of hydrogen-bond acceptors (Lipinski definition) is 3. The summed E-state index contributed by atoms with van der Waals surface area (Å²) in [5.74, 6) is 0.672. The van der Waals surface area contributed by atoms with E-state index in [1.165, 1.54) is 0 Å². The lowest BCUT2D eigenvalue weighted by Crippen LogP contribution is -2.05. The summed E-state index contributed by atoms with van der Waals surface area (Å²) in [7, 11) is 0. The van der Waals surface area contributed by atoms with Gasteiger partial charge in [-0.15, -0.1) is 0 Å². The molecule has 0 radical (unpaired) electrons. The van der Waals surface area contributed by atoms with Crippen molar-refractivity contribution in [3.63, 3.8) is 0 Å². The van der Waals surface area contributed by atoms with Crippen molar-refractivity contribution in [1.29, 1.82) is 0 Å². The third kappa shape index (κ3) is 2.79. The van der Waals surface area contributed by atoms with Gasteiger partial charge >= 0.3 is 0 Å². The zero-order valence-electron chi connectivity index (χ0n) is 10.3. The van der Waals surface area contributed by atoms with Crippen molar-refractivity contribution in [3.8, 4) is 5.75 Å². The number of allylic oxidation sites excluding steroid dienone is 1. The lowest BCUT2D eigenvalue weighted by atomic mass is 10.1. The highest BCUT2D eigenvalue weighted by Crippen LogP contribution is 2.30. The zero-order valence-corrected chi connectivity index (χ0v) is 11.1. The van der Waals surface area contributed by atoms with E-state index in [2.05, 4.69) is 4.99 Å². The van der Waals surface area contributed by atoms with Crippen molar-refractivity contribution in [2.75, 3.05) is 6.54 Å². The lowest BCUT2D eigenvalue weighted by molar-refractivity contribution is -0.102. The number of benzene rings is 1. The molecule has 18 heavy (non-hydrogen) atoms. The van der Waals surface area contributed by atoms with E-state index in [4.69, 9.17) is 16.3 Å². The first kappa shape index (κ1) is 12.8. The highest BCUT2D eigenvalue weighted by atomic mass is 35.5. The van der Waals surface area contributed by atoms with Crippen LogP contribution in [-0.2, 0) is 4.79 Å². The first-order chi connectivity index (χ1) is 8.60. The van der Waals surface area contributed by atoms with Crippen molar-refractivity contribution in [1.82, 2.24) is 0 Å². The van der Waals surface area contributed by atoms with E-state index in [0.29, 0.717) is 23.0 Å². The maximum atomic E-state index is 10.6. The Labute approximate surface area is 111 Å². The van der Waals surface area contributed by atoms with E-state index in [0.717, 1.165) is 17.4 Å². The molecule has 0 amide bonds. The second kappa shape index (κ2) is 5.36. The highest BCUT2D eigenvalue weighted by Gasteiger charge is 2.12. The van der Waals surface area contributed by atoms with Crippen molar-refractivity contribution in [2.45, 2.75) is 20.0 Å². The SMILES string of the molecule is CC(C)Oc1ccc(C2=CC(C=O)=NC2)cc1Cl. The molecular weight excluding hydrogens is 250 g/mol. The maximum absolute atomic E-state index is 10.6. The largest absolute Gasteiger partial charge is 0.489 e. The van der Waals surface area contributed by atoms with Crippen LogP contribution in [0, 0.1) is 0 Å².